The van der Waals surface area contributed by atoms with Crippen LogP contribution in [0.2, 0.25) is 0 Å². The van der Waals surface area contributed by atoms with Crippen molar-refractivity contribution in [2.45, 2.75) is 38.6 Å². The van der Waals surface area contributed by atoms with E-state index in [-0.39, 0.29) is 5.92 Å². The molecule has 1 saturated heterocycles. The summed E-state index contributed by atoms with van der Waals surface area (Å²) in [7, 11) is 0. The molecule has 1 fully saturated rings. The van der Waals surface area contributed by atoms with Gasteiger partial charge in [0.15, 0.2) is 17.3 Å². The maximum absolute atomic E-state index is 13.8. The van der Waals surface area contributed by atoms with E-state index in [9.17, 15) is 13.6 Å². The van der Waals surface area contributed by atoms with Gasteiger partial charge in [-0.25, -0.2) is 13.8 Å². The van der Waals surface area contributed by atoms with Gasteiger partial charge in [0.25, 0.3) is 5.91 Å². The zero-order valence-corrected chi connectivity index (χ0v) is 12.8. The van der Waals surface area contributed by atoms with E-state index in [0.29, 0.717) is 30.7 Å². The molecule has 8 heteroatoms. The fraction of sp³-hybridized carbons (Fsp3) is 0.467. The molecule has 0 saturated carbocycles. The van der Waals surface area contributed by atoms with Crippen LogP contribution in [0.15, 0.2) is 16.8 Å². The number of likely N-dealkylation sites (tertiary alicyclic amines) is 1. The Morgan fingerprint density at radius 3 is 2.87 bits per heavy atom. The lowest BCUT2D eigenvalue weighted by molar-refractivity contribution is 0.0698. The Morgan fingerprint density at radius 2 is 2.22 bits per heavy atom. The number of aromatic nitrogens is 3. The molecule has 1 aliphatic rings. The Morgan fingerprint density at radius 1 is 1.43 bits per heavy atom. The summed E-state index contributed by atoms with van der Waals surface area (Å²) >= 11 is 0. The molecule has 2 aromatic rings. The molecule has 1 atom stereocenters. The van der Waals surface area contributed by atoms with E-state index in [1.54, 1.807) is 0 Å². The highest BCUT2D eigenvalue weighted by Gasteiger charge is 2.36. The molecule has 0 aromatic carbocycles. The lowest BCUT2D eigenvalue weighted by Gasteiger charge is -2.21. The first-order chi connectivity index (χ1) is 11.0. The first-order valence-corrected chi connectivity index (χ1v) is 7.43. The summed E-state index contributed by atoms with van der Waals surface area (Å²) < 4.78 is 32.0. The third-order valence-corrected chi connectivity index (χ3v) is 3.78. The van der Waals surface area contributed by atoms with Crippen molar-refractivity contribution in [2.24, 2.45) is 0 Å². The molecule has 0 radical (unpaired) electrons. The predicted molar refractivity (Wildman–Crippen MR) is 75.6 cm³/mol. The number of pyridine rings is 1. The third kappa shape index (κ3) is 2.93. The van der Waals surface area contributed by atoms with Crippen molar-refractivity contribution in [3.8, 4) is 0 Å². The molecule has 3 rings (SSSR count). The van der Waals surface area contributed by atoms with Crippen molar-refractivity contribution in [1.82, 2.24) is 20.0 Å². The maximum atomic E-state index is 13.8. The molecule has 0 N–H and O–H groups in total. The second-order valence-corrected chi connectivity index (χ2v) is 5.79. The Bertz CT molecular complexity index is 732. The minimum absolute atomic E-state index is 0.106. The lowest BCUT2D eigenvalue weighted by atomic mass is 10.2. The van der Waals surface area contributed by atoms with Crippen LogP contribution in [0.4, 0.5) is 8.78 Å². The summed E-state index contributed by atoms with van der Waals surface area (Å²) in [5, 5.41) is 3.89. The zero-order valence-electron chi connectivity index (χ0n) is 12.8. The van der Waals surface area contributed by atoms with Crippen LogP contribution in [-0.2, 0) is 0 Å². The van der Waals surface area contributed by atoms with Gasteiger partial charge >= 0.3 is 0 Å². The maximum Gasteiger partial charge on any atom is 0.276 e. The van der Waals surface area contributed by atoms with E-state index in [2.05, 4.69) is 15.1 Å². The van der Waals surface area contributed by atoms with E-state index in [0.717, 1.165) is 12.6 Å². The van der Waals surface area contributed by atoms with Crippen molar-refractivity contribution in [2.75, 3.05) is 6.54 Å². The lowest BCUT2D eigenvalue weighted by Crippen LogP contribution is -2.32. The molecule has 1 amide bonds. The van der Waals surface area contributed by atoms with Gasteiger partial charge in [0.1, 0.15) is 11.9 Å². The van der Waals surface area contributed by atoms with Gasteiger partial charge in [0, 0.05) is 18.5 Å². The van der Waals surface area contributed by atoms with Crippen molar-refractivity contribution in [3.05, 3.63) is 41.3 Å². The van der Waals surface area contributed by atoms with E-state index < -0.39 is 29.3 Å². The fourth-order valence-electron chi connectivity index (χ4n) is 2.59. The van der Waals surface area contributed by atoms with Crippen LogP contribution in [0.25, 0.3) is 0 Å². The second-order valence-electron chi connectivity index (χ2n) is 5.79. The fourth-order valence-corrected chi connectivity index (χ4v) is 2.59. The van der Waals surface area contributed by atoms with Crippen molar-refractivity contribution in [1.29, 1.82) is 0 Å². The Kier molecular flexibility index (Phi) is 4.06. The second kappa shape index (κ2) is 6.02. The monoisotopic (exact) mass is 322 g/mol. The van der Waals surface area contributed by atoms with Crippen molar-refractivity contribution >= 4 is 5.91 Å². The summed E-state index contributed by atoms with van der Waals surface area (Å²) in [4.78, 5) is 21.8. The smallest absolute Gasteiger partial charge is 0.276 e. The Balaban J connectivity index is 1.87. The van der Waals surface area contributed by atoms with Gasteiger partial charge in [-0.3, -0.25) is 4.79 Å². The van der Waals surface area contributed by atoms with Gasteiger partial charge in [0.05, 0.1) is 6.20 Å². The number of rotatable bonds is 3. The highest BCUT2D eigenvalue weighted by atomic mass is 19.1. The molecular weight excluding hydrogens is 306 g/mol. The summed E-state index contributed by atoms with van der Waals surface area (Å²) in [5.74, 6) is -1.40. The number of nitrogens with zero attached hydrogens (tertiary/aromatic N) is 4. The van der Waals surface area contributed by atoms with Crippen LogP contribution in [-0.4, -0.2) is 32.5 Å². The number of amides is 1. The Hall–Kier alpha value is -2.38. The molecule has 3 heterocycles. The number of hydrogen-bond donors (Lipinski definition) is 0. The summed E-state index contributed by atoms with van der Waals surface area (Å²) in [6.45, 7) is 4.30. The van der Waals surface area contributed by atoms with Gasteiger partial charge in [-0.2, -0.15) is 4.98 Å². The van der Waals surface area contributed by atoms with Gasteiger partial charge in [-0.1, -0.05) is 19.0 Å². The molecule has 1 aliphatic heterocycles. The zero-order chi connectivity index (χ0) is 16.6. The van der Waals surface area contributed by atoms with Crippen LogP contribution in [0.3, 0.4) is 0 Å². The minimum atomic E-state index is -0.978. The van der Waals surface area contributed by atoms with Gasteiger partial charge in [-0.05, 0) is 12.8 Å². The Labute approximate surface area is 131 Å². The van der Waals surface area contributed by atoms with E-state index >= 15 is 0 Å². The SMILES string of the molecule is CC(C)c1noc([C@H]2CCCN2C(=O)c2ncc(F)cc2F)n1. The van der Waals surface area contributed by atoms with Crippen LogP contribution >= 0.6 is 0 Å². The van der Waals surface area contributed by atoms with Crippen LogP contribution in [0.5, 0.6) is 0 Å². The first-order valence-electron chi connectivity index (χ1n) is 7.43. The summed E-state index contributed by atoms with van der Waals surface area (Å²) in [6, 6.07) is 0.239. The first kappa shape index (κ1) is 15.5. The largest absolute Gasteiger partial charge is 0.337 e. The minimum Gasteiger partial charge on any atom is -0.337 e. The molecular formula is C15H16F2N4O2. The van der Waals surface area contributed by atoms with Crippen LogP contribution < -0.4 is 0 Å². The molecule has 2 aromatic heterocycles. The molecule has 6 nitrogen and oxygen atoms in total. The molecule has 122 valence electrons. The van der Waals surface area contributed by atoms with Crippen molar-refractivity contribution in [3.63, 3.8) is 0 Å². The molecule has 0 aliphatic carbocycles. The van der Waals surface area contributed by atoms with Gasteiger partial charge < -0.3 is 9.42 Å². The van der Waals surface area contributed by atoms with E-state index in [1.165, 1.54) is 4.90 Å². The van der Waals surface area contributed by atoms with Crippen LogP contribution in [0, 0.1) is 11.6 Å². The quantitative estimate of drug-likeness (QED) is 0.869. The average molecular weight is 322 g/mol. The molecule has 23 heavy (non-hydrogen) atoms. The van der Waals surface area contributed by atoms with Gasteiger partial charge in [-0.15, -0.1) is 0 Å². The highest BCUT2D eigenvalue weighted by molar-refractivity contribution is 5.93. The topological polar surface area (TPSA) is 72.1 Å². The summed E-state index contributed by atoms with van der Waals surface area (Å²) in [5.41, 5.74) is -0.401. The molecule has 0 spiro atoms. The number of hydrogen-bond acceptors (Lipinski definition) is 5. The number of carbonyl (C=O) groups is 1. The van der Waals surface area contributed by atoms with Crippen molar-refractivity contribution < 1.29 is 18.1 Å². The van der Waals surface area contributed by atoms with E-state index in [4.69, 9.17) is 4.52 Å². The molecule has 0 bridgehead atoms. The normalized spacial score (nSPS) is 18.0. The molecule has 0 unspecified atom stereocenters. The van der Waals surface area contributed by atoms with E-state index in [1.807, 2.05) is 13.8 Å². The van der Waals surface area contributed by atoms with Gasteiger partial charge in [0.2, 0.25) is 5.89 Å². The highest BCUT2D eigenvalue weighted by Crippen LogP contribution is 2.32. The van der Waals surface area contributed by atoms with Crippen LogP contribution in [0.1, 0.15) is 60.9 Å². The standard InChI is InChI=1S/C15H16F2N4O2/c1-8(2)13-19-14(23-20-13)11-4-3-5-21(11)15(22)12-10(17)6-9(16)7-18-12/h6-8,11H,3-5H2,1-2H3/t11-/m1/s1. The number of halogens is 2. The third-order valence-electron chi connectivity index (χ3n) is 3.78. The summed E-state index contributed by atoms with van der Waals surface area (Å²) in [6.07, 6.45) is 2.21. The number of carbonyl (C=O) groups excluding carboxylic acids is 1. The predicted octanol–water partition coefficient (Wildman–Crippen LogP) is 2.84. The average Bonchev–Trinajstić information content (AvgIpc) is 3.15.